The van der Waals surface area contributed by atoms with Gasteiger partial charge in [-0.05, 0) is 43.7 Å². The standard InChI is InChI=1S/C34H31F3N6O2/c1-2-21-23(36)9-7-18-5-3-6-22(26(18)21)29-28(37)30-27-31(43-15-20-8-10-24(38-20)25(43)16-44-32(27)39-29)41-33(40-30)45-17-34-11-4-12-42(34)14-19(35)13-34/h1,3,5-7,9,19-20,24-25,38H,4,8,10-17H2/t19-,20+,24-,25-,34+/m1/s1/i1D. The van der Waals surface area contributed by atoms with E-state index in [2.05, 4.69) is 26.0 Å². The zero-order chi connectivity index (χ0) is 31.2. The molecule has 4 aromatic rings. The van der Waals surface area contributed by atoms with Crippen molar-refractivity contribution in [1.29, 1.82) is 0 Å². The number of benzene rings is 2. The highest BCUT2D eigenvalue weighted by atomic mass is 19.1. The number of pyridine rings is 1. The van der Waals surface area contributed by atoms with Crippen LogP contribution in [-0.4, -0.2) is 82.5 Å². The van der Waals surface area contributed by atoms with Crippen LogP contribution in [0.15, 0.2) is 30.3 Å². The summed E-state index contributed by atoms with van der Waals surface area (Å²) in [6, 6.07) is 8.45. The molecule has 5 atom stereocenters. The van der Waals surface area contributed by atoms with Crippen LogP contribution in [-0.2, 0) is 0 Å². The number of terminal acetylenes is 1. The first-order valence-corrected chi connectivity index (χ1v) is 15.7. The Bertz CT molecular complexity index is 1990. The molecule has 7 heterocycles. The van der Waals surface area contributed by atoms with E-state index < -0.39 is 23.3 Å². The molecule has 0 aliphatic carbocycles. The minimum Gasteiger partial charge on any atom is -0.475 e. The van der Waals surface area contributed by atoms with Crippen LogP contribution in [0.4, 0.5) is 19.0 Å². The van der Waals surface area contributed by atoms with Gasteiger partial charge in [-0.2, -0.15) is 9.97 Å². The molecule has 4 fully saturated rings. The minimum atomic E-state index is -0.913. The number of rotatable bonds is 4. The molecular weight excluding hydrogens is 581 g/mol. The van der Waals surface area contributed by atoms with E-state index in [1.807, 2.05) is 6.40 Å². The largest absolute Gasteiger partial charge is 0.475 e. The highest BCUT2D eigenvalue weighted by Crippen LogP contribution is 2.45. The second-order valence-electron chi connectivity index (χ2n) is 13.0. The summed E-state index contributed by atoms with van der Waals surface area (Å²) in [4.78, 5) is 18.6. The molecule has 0 saturated carbocycles. The maximum atomic E-state index is 17.0. The average Bonchev–Trinajstić information content (AvgIpc) is 3.69. The molecule has 9 rings (SSSR count). The van der Waals surface area contributed by atoms with Crippen LogP contribution in [0, 0.1) is 24.0 Å². The van der Waals surface area contributed by atoms with Crippen molar-refractivity contribution in [3.05, 3.63) is 47.5 Å². The van der Waals surface area contributed by atoms with Crippen LogP contribution < -0.4 is 19.7 Å². The van der Waals surface area contributed by atoms with Gasteiger partial charge < -0.3 is 19.7 Å². The van der Waals surface area contributed by atoms with E-state index in [-0.39, 0.29) is 53.4 Å². The van der Waals surface area contributed by atoms with Gasteiger partial charge in [-0.1, -0.05) is 30.2 Å². The lowest BCUT2D eigenvalue weighted by atomic mass is 9.95. The van der Waals surface area contributed by atoms with Gasteiger partial charge in [0, 0.05) is 42.5 Å². The maximum absolute atomic E-state index is 17.0. The number of hydrogen-bond donors (Lipinski definition) is 1. The van der Waals surface area contributed by atoms with Gasteiger partial charge >= 0.3 is 6.01 Å². The molecule has 0 radical (unpaired) electrons. The molecule has 0 unspecified atom stereocenters. The molecule has 1 N–H and O–H groups in total. The molecule has 11 heteroatoms. The van der Waals surface area contributed by atoms with E-state index >= 15 is 8.78 Å². The van der Waals surface area contributed by atoms with E-state index in [0.29, 0.717) is 53.7 Å². The molecular formula is C34H31F3N6O2. The van der Waals surface area contributed by atoms with Crippen molar-refractivity contribution >= 4 is 27.5 Å². The van der Waals surface area contributed by atoms with Crippen LogP contribution in [0.1, 0.15) is 39.0 Å². The minimum absolute atomic E-state index is 0.00841. The van der Waals surface area contributed by atoms with Gasteiger partial charge in [0.1, 0.15) is 49.0 Å². The lowest BCUT2D eigenvalue weighted by Gasteiger charge is -2.40. The fourth-order valence-electron chi connectivity index (χ4n) is 8.48. The van der Waals surface area contributed by atoms with Gasteiger partial charge in [-0.25, -0.2) is 18.2 Å². The summed E-state index contributed by atoms with van der Waals surface area (Å²) in [7, 11) is 0. The predicted molar refractivity (Wildman–Crippen MR) is 163 cm³/mol. The molecule has 8 nitrogen and oxygen atoms in total. The van der Waals surface area contributed by atoms with Crippen molar-refractivity contribution in [3.8, 4) is 35.5 Å². The van der Waals surface area contributed by atoms with E-state index in [0.717, 1.165) is 32.2 Å². The van der Waals surface area contributed by atoms with Crippen molar-refractivity contribution in [2.45, 2.75) is 61.9 Å². The van der Waals surface area contributed by atoms with E-state index in [1.165, 1.54) is 6.07 Å². The Morgan fingerprint density at radius 2 is 2.09 bits per heavy atom. The van der Waals surface area contributed by atoms with Gasteiger partial charge in [0.2, 0.25) is 5.88 Å². The predicted octanol–water partition coefficient (Wildman–Crippen LogP) is 4.76. The van der Waals surface area contributed by atoms with Gasteiger partial charge in [0.05, 0.1) is 17.1 Å². The van der Waals surface area contributed by atoms with E-state index in [4.69, 9.17) is 20.8 Å². The maximum Gasteiger partial charge on any atom is 0.319 e. The molecule has 4 saturated heterocycles. The number of piperazine rings is 1. The van der Waals surface area contributed by atoms with Crippen LogP contribution >= 0.6 is 0 Å². The summed E-state index contributed by atoms with van der Waals surface area (Å²) in [5.74, 6) is 1.90. The van der Waals surface area contributed by atoms with Crippen LogP contribution in [0.2, 0.25) is 0 Å². The Morgan fingerprint density at radius 3 is 3.00 bits per heavy atom. The number of halogens is 3. The first-order chi connectivity index (χ1) is 22.4. The number of ether oxygens (including phenoxy) is 2. The van der Waals surface area contributed by atoms with Gasteiger partial charge in [0.25, 0.3) is 0 Å². The second-order valence-corrected chi connectivity index (χ2v) is 13.0. The molecule has 230 valence electrons. The number of anilines is 1. The SMILES string of the molecule is [2H]C#Cc1c(F)ccc2cccc(-c3nc4c5c(nc(OC[C@@]67CCCN6C[C@H](F)C7)nc5c3F)N3C[C@@H]5CC[C@@H](N5)[C@H]3CO4)c12. The van der Waals surface area contributed by atoms with Crippen LogP contribution in [0.25, 0.3) is 32.9 Å². The number of aromatic nitrogens is 3. The zero-order valence-corrected chi connectivity index (χ0v) is 24.5. The lowest BCUT2D eigenvalue weighted by Crippen LogP contribution is -2.60. The number of alkyl halides is 1. The van der Waals surface area contributed by atoms with Gasteiger partial charge in [-0.3, -0.25) is 4.90 Å². The average molecular weight is 614 g/mol. The number of nitrogens with zero attached hydrogens (tertiary/aromatic N) is 5. The molecule has 45 heavy (non-hydrogen) atoms. The Balaban J connectivity index is 1.24. The van der Waals surface area contributed by atoms with Gasteiger partial charge in [-0.15, -0.1) is 6.40 Å². The Kier molecular flexibility index (Phi) is 5.76. The molecule has 5 aliphatic heterocycles. The summed E-state index contributed by atoms with van der Waals surface area (Å²) >= 11 is 0. The first-order valence-electron chi connectivity index (χ1n) is 16.2. The van der Waals surface area contributed by atoms with E-state index in [1.54, 1.807) is 24.3 Å². The number of hydrogen-bond acceptors (Lipinski definition) is 8. The number of fused-ring (bicyclic) bond motifs is 7. The smallest absolute Gasteiger partial charge is 0.319 e. The molecule has 0 spiro atoms. The van der Waals surface area contributed by atoms with E-state index in [9.17, 15) is 4.39 Å². The summed E-state index contributed by atoms with van der Waals surface area (Å²) in [6.45, 7) is 2.38. The van der Waals surface area contributed by atoms with Crippen LogP contribution in [0.3, 0.4) is 0 Å². The fourth-order valence-corrected chi connectivity index (χ4v) is 8.48. The summed E-state index contributed by atoms with van der Waals surface area (Å²) in [5, 5.41) is 5.01. The lowest BCUT2D eigenvalue weighted by molar-refractivity contribution is 0.107. The Morgan fingerprint density at radius 1 is 1.16 bits per heavy atom. The van der Waals surface area contributed by atoms with Crippen molar-refractivity contribution < 1.29 is 24.0 Å². The first kappa shape index (κ1) is 26.1. The normalized spacial score (nSPS) is 28.7. The van der Waals surface area contributed by atoms with Crippen LogP contribution in [0.5, 0.6) is 11.9 Å². The zero-order valence-electron chi connectivity index (χ0n) is 25.5. The molecule has 5 aliphatic rings. The quantitative estimate of drug-likeness (QED) is 0.331. The third-order valence-electron chi connectivity index (χ3n) is 10.5. The monoisotopic (exact) mass is 613 g/mol. The summed E-state index contributed by atoms with van der Waals surface area (Å²) < 4.78 is 66.7. The third-order valence-corrected chi connectivity index (χ3v) is 10.5. The van der Waals surface area contributed by atoms with Crippen molar-refractivity contribution in [2.75, 3.05) is 37.7 Å². The fraction of sp³-hybridized carbons (Fsp3) is 0.441. The summed E-state index contributed by atoms with van der Waals surface area (Å²) in [6.07, 6.45) is 5.31. The molecule has 2 bridgehead atoms. The van der Waals surface area contributed by atoms with Crippen molar-refractivity contribution in [2.24, 2.45) is 0 Å². The topological polar surface area (TPSA) is 75.6 Å². The van der Waals surface area contributed by atoms with Gasteiger partial charge in [0.15, 0.2) is 5.82 Å². The molecule has 2 aromatic heterocycles. The highest BCUT2D eigenvalue weighted by Gasteiger charge is 2.50. The Labute approximate surface area is 259 Å². The Hall–Kier alpha value is -4.14. The summed E-state index contributed by atoms with van der Waals surface area (Å²) in [5.41, 5.74) is -0.214. The third kappa shape index (κ3) is 4.04. The number of nitrogens with one attached hydrogen (secondary N) is 1. The van der Waals surface area contributed by atoms with Crippen molar-refractivity contribution in [3.63, 3.8) is 0 Å². The second kappa shape index (κ2) is 9.93. The highest BCUT2D eigenvalue weighted by molar-refractivity contribution is 6.03. The van der Waals surface area contributed by atoms with Crippen molar-refractivity contribution in [1.82, 2.24) is 25.2 Å². The molecule has 2 aromatic carbocycles. The molecule has 0 amide bonds.